The van der Waals surface area contributed by atoms with Crippen LogP contribution in [0.5, 0.6) is 23.0 Å². The highest BCUT2D eigenvalue weighted by molar-refractivity contribution is 5.89. The van der Waals surface area contributed by atoms with Gasteiger partial charge in [0.1, 0.15) is 17.2 Å². The van der Waals surface area contributed by atoms with Crippen LogP contribution in [0, 0.1) is 11.6 Å². The molecule has 0 atom stereocenters. The third-order valence-electron chi connectivity index (χ3n) is 6.41. The molecule has 0 aliphatic rings. The lowest BCUT2D eigenvalue weighted by Crippen LogP contribution is -2.09. The van der Waals surface area contributed by atoms with Crippen molar-refractivity contribution in [3.63, 3.8) is 0 Å². The molecule has 0 N–H and O–H groups in total. The van der Waals surface area contributed by atoms with E-state index in [4.69, 9.17) is 28.4 Å². The second kappa shape index (κ2) is 21.0. The number of halogens is 2. The number of ether oxygens (including phenoxy) is 6. The van der Waals surface area contributed by atoms with E-state index in [-0.39, 0.29) is 13.2 Å². The average Bonchev–Trinajstić information content (AvgIpc) is 3.11. The minimum Gasteiger partial charge on any atom is -0.494 e. The molecule has 0 aliphatic heterocycles. The van der Waals surface area contributed by atoms with Gasteiger partial charge in [-0.25, -0.2) is 28.0 Å². The van der Waals surface area contributed by atoms with Crippen LogP contribution in [0.15, 0.2) is 98.1 Å². The van der Waals surface area contributed by atoms with Crippen LogP contribution >= 0.6 is 0 Å². The number of rotatable bonds is 20. The maximum atomic E-state index is 14.6. The molecule has 3 aromatic rings. The molecular formula is C38H36F2O10. The number of carbonyl (C=O) groups excluding carboxylic acids is 4. The summed E-state index contributed by atoms with van der Waals surface area (Å²) in [4.78, 5) is 46.5. The summed E-state index contributed by atoms with van der Waals surface area (Å²) in [7, 11) is 0. The van der Waals surface area contributed by atoms with Crippen molar-refractivity contribution >= 4 is 36.0 Å². The highest BCUT2D eigenvalue weighted by Crippen LogP contribution is 2.28. The second-order valence-corrected chi connectivity index (χ2v) is 10.2. The highest BCUT2D eigenvalue weighted by atomic mass is 19.1. The zero-order valence-corrected chi connectivity index (χ0v) is 27.1. The summed E-state index contributed by atoms with van der Waals surface area (Å²) in [6.45, 7) is 8.03. The van der Waals surface area contributed by atoms with Crippen molar-refractivity contribution < 1.29 is 56.4 Å². The lowest BCUT2D eigenvalue weighted by molar-refractivity contribution is -0.138. The first-order valence-corrected chi connectivity index (χ1v) is 15.5. The summed E-state index contributed by atoms with van der Waals surface area (Å²) >= 11 is 0. The van der Waals surface area contributed by atoms with Crippen molar-refractivity contribution in [2.45, 2.75) is 25.7 Å². The van der Waals surface area contributed by atoms with E-state index in [1.54, 1.807) is 48.5 Å². The number of esters is 4. The Morgan fingerprint density at radius 3 is 1.36 bits per heavy atom. The minimum absolute atomic E-state index is 0.272. The molecule has 0 unspecified atom stereocenters. The van der Waals surface area contributed by atoms with Crippen LogP contribution in [0.2, 0.25) is 0 Å². The first-order chi connectivity index (χ1) is 24.2. The molecular weight excluding hydrogens is 654 g/mol. The van der Waals surface area contributed by atoms with Crippen molar-refractivity contribution in [1.82, 2.24) is 0 Å². The van der Waals surface area contributed by atoms with E-state index in [1.807, 2.05) is 0 Å². The molecule has 0 radical (unpaired) electrons. The van der Waals surface area contributed by atoms with Crippen molar-refractivity contribution in [1.29, 1.82) is 0 Å². The van der Waals surface area contributed by atoms with E-state index >= 15 is 0 Å². The fourth-order valence-corrected chi connectivity index (χ4v) is 3.91. The number of unbranched alkanes of at least 4 members (excludes halogenated alkanes) is 2. The molecule has 262 valence electrons. The number of hydrogen-bond acceptors (Lipinski definition) is 10. The van der Waals surface area contributed by atoms with Gasteiger partial charge in [0.2, 0.25) is 5.75 Å². The molecule has 3 rings (SSSR count). The van der Waals surface area contributed by atoms with Crippen LogP contribution in [-0.4, -0.2) is 50.3 Å². The molecule has 0 fully saturated rings. The Balaban J connectivity index is 1.41. The Morgan fingerprint density at radius 1 is 0.540 bits per heavy atom. The van der Waals surface area contributed by atoms with Gasteiger partial charge in [-0.3, -0.25) is 0 Å². The molecule has 3 aromatic carbocycles. The predicted molar refractivity (Wildman–Crippen MR) is 180 cm³/mol. The lowest BCUT2D eigenvalue weighted by atomic mass is 10.2. The molecule has 0 saturated carbocycles. The summed E-state index contributed by atoms with van der Waals surface area (Å²) in [5.74, 6) is -5.54. The first-order valence-electron chi connectivity index (χ1n) is 15.5. The smallest absolute Gasteiger partial charge is 0.336 e. The van der Waals surface area contributed by atoms with Crippen LogP contribution in [0.1, 0.15) is 36.8 Å². The van der Waals surface area contributed by atoms with Gasteiger partial charge in [0.05, 0.1) is 26.4 Å². The molecule has 0 aromatic heterocycles. The standard InChI is InChI=1S/C38H36F2O10/c1-3-34(41)47-23-7-5-21-45-29-15-9-27(10-16-29)13-19-36(43)49-31-25-32(39)38(33(40)26-31)50-37(44)20-14-28-11-17-30(18-12-28)46-22-6-8-24-48-35(42)4-2/h3-4,9-20,25-26H,1-2,5-8,21-24H2/b19-13+,20-14+. The van der Waals surface area contributed by atoms with Gasteiger partial charge < -0.3 is 28.4 Å². The molecule has 50 heavy (non-hydrogen) atoms. The van der Waals surface area contributed by atoms with Crippen LogP contribution in [-0.2, 0) is 28.7 Å². The van der Waals surface area contributed by atoms with E-state index in [0.717, 1.165) is 36.4 Å². The maximum absolute atomic E-state index is 14.6. The molecule has 0 saturated heterocycles. The van der Waals surface area contributed by atoms with E-state index in [1.165, 1.54) is 12.2 Å². The maximum Gasteiger partial charge on any atom is 0.336 e. The summed E-state index contributed by atoms with van der Waals surface area (Å²) in [5, 5.41) is 0. The van der Waals surface area contributed by atoms with E-state index < -0.39 is 47.0 Å². The number of carbonyl (C=O) groups is 4. The molecule has 0 heterocycles. The minimum atomic E-state index is -1.24. The zero-order chi connectivity index (χ0) is 36.1. The van der Waals surface area contributed by atoms with Gasteiger partial charge in [0, 0.05) is 36.4 Å². The second-order valence-electron chi connectivity index (χ2n) is 10.2. The van der Waals surface area contributed by atoms with E-state index in [2.05, 4.69) is 13.2 Å². The summed E-state index contributed by atoms with van der Waals surface area (Å²) in [6.07, 6.45) is 9.74. The van der Waals surface area contributed by atoms with E-state index in [0.29, 0.717) is 61.5 Å². The molecule has 12 heteroatoms. The van der Waals surface area contributed by atoms with Gasteiger partial charge in [0.25, 0.3) is 0 Å². The summed E-state index contributed by atoms with van der Waals surface area (Å²) in [6, 6.07) is 15.0. The van der Waals surface area contributed by atoms with Crippen LogP contribution in [0.3, 0.4) is 0 Å². The van der Waals surface area contributed by atoms with Gasteiger partial charge in [-0.05, 0) is 73.2 Å². The zero-order valence-electron chi connectivity index (χ0n) is 27.1. The summed E-state index contributed by atoms with van der Waals surface area (Å²) < 4.78 is 60.1. The topological polar surface area (TPSA) is 124 Å². The van der Waals surface area contributed by atoms with Crippen LogP contribution in [0.25, 0.3) is 12.2 Å². The quantitative estimate of drug-likeness (QED) is 0.0531. The fraction of sp³-hybridized carbons (Fsp3) is 0.211. The summed E-state index contributed by atoms with van der Waals surface area (Å²) in [5.41, 5.74) is 1.24. The number of benzene rings is 3. The van der Waals surface area contributed by atoms with Gasteiger partial charge in [-0.15, -0.1) is 0 Å². The predicted octanol–water partition coefficient (Wildman–Crippen LogP) is 6.98. The molecule has 0 spiro atoms. The van der Waals surface area contributed by atoms with E-state index in [9.17, 15) is 28.0 Å². The molecule has 0 aliphatic carbocycles. The Bertz CT molecular complexity index is 1660. The third kappa shape index (κ3) is 14.4. The van der Waals surface area contributed by atoms with Gasteiger partial charge in [-0.1, -0.05) is 37.4 Å². The van der Waals surface area contributed by atoms with Gasteiger partial charge >= 0.3 is 23.9 Å². The Labute approximate surface area is 288 Å². The van der Waals surface area contributed by atoms with Crippen molar-refractivity contribution in [2.75, 3.05) is 26.4 Å². The third-order valence-corrected chi connectivity index (χ3v) is 6.41. The lowest BCUT2D eigenvalue weighted by Gasteiger charge is -2.08. The van der Waals surface area contributed by atoms with Crippen LogP contribution < -0.4 is 18.9 Å². The van der Waals surface area contributed by atoms with Crippen molar-refractivity contribution in [3.8, 4) is 23.0 Å². The molecule has 10 nitrogen and oxygen atoms in total. The Kier molecular flexibility index (Phi) is 16.2. The molecule has 0 amide bonds. The van der Waals surface area contributed by atoms with Gasteiger partial charge in [-0.2, -0.15) is 0 Å². The SMILES string of the molecule is C=CC(=O)OCCCCOc1ccc(/C=C/C(=O)Oc2cc(F)c(OC(=O)/C=C/c3ccc(OCCCCOC(=O)C=C)cc3)c(F)c2)cc1. The first kappa shape index (κ1) is 38.4. The molecule has 0 bridgehead atoms. The van der Waals surface area contributed by atoms with Crippen molar-refractivity contribution in [2.24, 2.45) is 0 Å². The Morgan fingerprint density at radius 2 is 0.940 bits per heavy atom. The fourth-order valence-electron chi connectivity index (χ4n) is 3.91. The van der Waals surface area contributed by atoms with Crippen LogP contribution in [0.4, 0.5) is 8.78 Å². The highest BCUT2D eigenvalue weighted by Gasteiger charge is 2.17. The largest absolute Gasteiger partial charge is 0.494 e. The monoisotopic (exact) mass is 690 g/mol. The van der Waals surface area contributed by atoms with Crippen molar-refractivity contribution in [3.05, 3.63) is 121 Å². The Hall–Kier alpha value is -6.04. The van der Waals surface area contributed by atoms with Gasteiger partial charge in [0.15, 0.2) is 11.6 Å². The normalized spacial score (nSPS) is 10.8. The number of hydrogen-bond donors (Lipinski definition) is 0. The average molecular weight is 691 g/mol.